The summed E-state index contributed by atoms with van der Waals surface area (Å²) in [6.07, 6.45) is 1.15. The molecule has 1 nitrogen and oxygen atoms in total. The molecule has 1 aromatic rings. The van der Waals surface area contributed by atoms with E-state index < -0.39 is 0 Å². The number of benzene rings is 1. The highest BCUT2D eigenvalue weighted by atomic mass is 79.9. The Bertz CT molecular complexity index is 582. The second-order valence-electron chi connectivity index (χ2n) is 7.55. The molecule has 2 heteroatoms. The molecule has 0 heterocycles. The standard InChI is InChI=1S/C18H25BrO/c1-10-9-17(4,5)14-8-13(12(3)20)11(2)16(19)15(14)18(10,6)7/h8,10H,9H2,1-7H3/t10-/m1/s1. The number of carbonyl (C=O) groups excluding carboxylic acids is 1. The van der Waals surface area contributed by atoms with E-state index >= 15 is 0 Å². The first-order valence-electron chi connectivity index (χ1n) is 7.35. The monoisotopic (exact) mass is 336 g/mol. The van der Waals surface area contributed by atoms with Gasteiger partial charge < -0.3 is 0 Å². The summed E-state index contributed by atoms with van der Waals surface area (Å²) < 4.78 is 1.13. The summed E-state index contributed by atoms with van der Waals surface area (Å²) >= 11 is 3.79. The van der Waals surface area contributed by atoms with Gasteiger partial charge in [-0.05, 0) is 59.8 Å². The smallest absolute Gasteiger partial charge is 0.160 e. The van der Waals surface area contributed by atoms with Crippen molar-refractivity contribution in [3.8, 4) is 0 Å². The second kappa shape index (κ2) is 4.69. The van der Waals surface area contributed by atoms with Gasteiger partial charge in [0, 0.05) is 10.0 Å². The number of halogens is 1. The number of fused-ring (bicyclic) bond motifs is 1. The van der Waals surface area contributed by atoms with E-state index in [4.69, 9.17) is 0 Å². The van der Waals surface area contributed by atoms with Gasteiger partial charge >= 0.3 is 0 Å². The van der Waals surface area contributed by atoms with Crippen LogP contribution in [0, 0.1) is 12.8 Å². The van der Waals surface area contributed by atoms with Crippen molar-refractivity contribution < 1.29 is 4.79 Å². The van der Waals surface area contributed by atoms with Crippen LogP contribution in [0.4, 0.5) is 0 Å². The van der Waals surface area contributed by atoms with Gasteiger partial charge in [-0.25, -0.2) is 0 Å². The van der Waals surface area contributed by atoms with Gasteiger partial charge in [-0.3, -0.25) is 4.79 Å². The summed E-state index contributed by atoms with van der Waals surface area (Å²) in [6.45, 7) is 15.3. The average molecular weight is 337 g/mol. The maximum atomic E-state index is 11.9. The third-order valence-corrected chi connectivity index (χ3v) is 6.30. The van der Waals surface area contributed by atoms with Crippen LogP contribution in [0.25, 0.3) is 0 Å². The quantitative estimate of drug-likeness (QED) is 0.614. The topological polar surface area (TPSA) is 17.1 Å². The number of Topliss-reactive ketones (excluding diaryl/α,β-unsaturated/α-hetero) is 1. The Kier molecular flexibility index (Phi) is 3.70. The fourth-order valence-corrected chi connectivity index (χ4v) is 4.59. The van der Waals surface area contributed by atoms with Gasteiger partial charge in [0.1, 0.15) is 0 Å². The zero-order valence-corrected chi connectivity index (χ0v) is 15.2. The molecule has 1 atom stereocenters. The number of hydrogen-bond acceptors (Lipinski definition) is 1. The molecule has 1 aliphatic carbocycles. The van der Waals surface area contributed by atoms with Gasteiger partial charge in [0.25, 0.3) is 0 Å². The van der Waals surface area contributed by atoms with Crippen molar-refractivity contribution in [2.45, 2.75) is 65.7 Å². The van der Waals surface area contributed by atoms with Crippen molar-refractivity contribution in [1.29, 1.82) is 0 Å². The zero-order valence-electron chi connectivity index (χ0n) is 13.6. The molecule has 1 aromatic carbocycles. The fourth-order valence-electron chi connectivity index (χ4n) is 3.66. The lowest BCUT2D eigenvalue weighted by Gasteiger charge is -2.47. The van der Waals surface area contributed by atoms with Gasteiger partial charge in [-0.2, -0.15) is 0 Å². The van der Waals surface area contributed by atoms with E-state index in [2.05, 4.69) is 56.6 Å². The molecule has 20 heavy (non-hydrogen) atoms. The third-order valence-electron chi connectivity index (χ3n) is 5.31. The van der Waals surface area contributed by atoms with E-state index in [0.717, 1.165) is 22.0 Å². The number of carbonyl (C=O) groups is 1. The third kappa shape index (κ3) is 2.16. The predicted molar refractivity (Wildman–Crippen MR) is 88.7 cm³/mol. The molecule has 0 unspecified atom stereocenters. The normalized spacial score (nSPS) is 23.3. The van der Waals surface area contributed by atoms with E-state index in [9.17, 15) is 4.79 Å². The molecule has 0 amide bonds. The molecule has 0 spiro atoms. The molecular formula is C18H25BrO. The molecule has 0 aliphatic heterocycles. The Morgan fingerprint density at radius 3 is 2.35 bits per heavy atom. The molecule has 0 saturated heterocycles. The van der Waals surface area contributed by atoms with Crippen LogP contribution in [0.5, 0.6) is 0 Å². The summed E-state index contributed by atoms with van der Waals surface area (Å²) in [5, 5.41) is 0. The molecule has 0 fully saturated rings. The van der Waals surface area contributed by atoms with Crippen LogP contribution in [-0.2, 0) is 10.8 Å². The molecule has 110 valence electrons. The minimum absolute atomic E-state index is 0.116. The minimum atomic E-state index is 0.116. The van der Waals surface area contributed by atoms with E-state index in [-0.39, 0.29) is 16.6 Å². The van der Waals surface area contributed by atoms with Gasteiger partial charge in [0.05, 0.1) is 0 Å². The summed E-state index contributed by atoms with van der Waals surface area (Å²) in [5.41, 5.74) is 4.91. The van der Waals surface area contributed by atoms with Crippen molar-refractivity contribution in [2.24, 2.45) is 5.92 Å². The Labute approximate surface area is 131 Å². The molecule has 0 bridgehead atoms. The van der Waals surface area contributed by atoms with Crippen LogP contribution >= 0.6 is 15.9 Å². The molecule has 1 aliphatic rings. The molecule has 0 saturated carbocycles. The van der Waals surface area contributed by atoms with Crippen molar-refractivity contribution in [1.82, 2.24) is 0 Å². The first-order valence-corrected chi connectivity index (χ1v) is 8.14. The summed E-state index contributed by atoms with van der Waals surface area (Å²) in [6, 6.07) is 2.14. The van der Waals surface area contributed by atoms with E-state index in [1.165, 1.54) is 11.1 Å². The zero-order chi connectivity index (χ0) is 15.5. The predicted octanol–water partition coefficient (Wildman–Crippen LogP) is 5.56. The highest BCUT2D eigenvalue weighted by molar-refractivity contribution is 9.10. The van der Waals surface area contributed by atoms with Crippen LogP contribution in [-0.4, -0.2) is 5.78 Å². The SMILES string of the molecule is CC(=O)c1cc2c(c(Br)c1C)C(C)(C)[C@H](C)CC2(C)C. The highest BCUT2D eigenvalue weighted by Crippen LogP contribution is 2.52. The lowest BCUT2D eigenvalue weighted by atomic mass is 9.58. The molecular weight excluding hydrogens is 312 g/mol. The number of ketones is 1. The lowest BCUT2D eigenvalue weighted by Crippen LogP contribution is -2.41. The van der Waals surface area contributed by atoms with Crippen LogP contribution < -0.4 is 0 Å². The first kappa shape index (κ1) is 15.8. The second-order valence-corrected chi connectivity index (χ2v) is 8.35. The number of hydrogen-bond donors (Lipinski definition) is 0. The maximum absolute atomic E-state index is 11.9. The van der Waals surface area contributed by atoms with E-state index in [1.807, 2.05) is 6.92 Å². The van der Waals surface area contributed by atoms with Crippen LogP contribution in [0.3, 0.4) is 0 Å². The summed E-state index contributed by atoms with van der Waals surface area (Å²) in [4.78, 5) is 11.9. The Morgan fingerprint density at radius 2 is 1.85 bits per heavy atom. The summed E-state index contributed by atoms with van der Waals surface area (Å²) in [5.74, 6) is 0.766. The molecule has 0 aromatic heterocycles. The maximum Gasteiger partial charge on any atom is 0.160 e. The summed E-state index contributed by atoms with van der Waals surface area (Å²) in [7, 11) is 0. The van der Waals surface area contributed by atoms with Crippen molar-refractivity contribution in [2.75, 3.05) is 0 Å². The highest BCUT2D eigenvalue weighted by Gasteiger charge is 2.43. The lowest BCUT2D eigenvalue weighted by molar-refractivity contribution is 0.101. The van der Waals surface area contributed by atoms with Crippen molar-refractivity contribution >= 4 is 21.7 Å². The number of rotatable bonds is 1. The van der Waals surface area contributed by atoms with Crippen molar-refractivity contribution in [3.05, 3.63) is 32.8 Å². The molecule has 0 N–H and O–H groups in total. The fraction of sp³-hybridized carbons (Fsp3) is 0.611. The van der Waals surface area contributed by atoms with Gasteiger partial charge in [0.15, 0.2) is 5.78 Å². The molecule has 2 rings (SSSR count). The van der Waals surface area contributed by atoms with Gasteiger partial charge in [-0.15, -0.1) is 0 Å². The molecule has 0 radical (unpaired) electrons. The van der Waals surface area contributed by atoms with E-state index in [0.29, 0.717) is 5.92 Å². The van der Waals surface area contributed by atoms with Crippen LogP contribution in [0.15, 0.2) is 10.5 Å². The average Bonchev–Trinajstić information content (AvgIpc) is 2.29. The Morgan fingerprint density at radius 1 is 1.30 bits per heavy atom. The largest absolute Gasteiger partial charge is 0.295 e. The van der Waals surface area contributed by atoms with Crippen LogP contribution in [0.1, 0.15) is 75.0 Å². The van der Waals surface area contributed by atoms with Gasteiger partial charge in [-0.1, -0.05) is 50.5 Å². The Balaban J connectivity index is 2.87. The minimum Gasteiger partial charge on any atom is -0.295 e. The van der Waals surface area contributed by atoms with Crippen molar-refractivity contribution in [3.63, 3.8) is 0 Å². The van der Waals surface area contributed by atoms with E-state index in [1.54, 1.807) is 6.92 Å². The van der Waals surface area contributed by atoms with Crippen LogP contribution in [0.2, 0.25) is 0 Å². The van der Waals surface area contributed by atoms with Gasteiger partial charge in [0.2, 0.25) is 0 Å². The Hall–Kier alpha value is -0.630. The first-order chi connectivity index (χ1) is 9.00.